The van der Waals surface area contributed by atoms with Crippen molar-refractivity contribution < 1.29 is 9.53 Å². The summed E-state index contributed by atoms with van der Waals surface area (Å²) in [5.41, 5.74) is 3.62. The highest BCUT2D eigenvalue weighted by atomic mass is 32.1. The van der Waals surface area contributed by atoms with Crippen molar-refractivity contribution in [3.8, 4) is 5.75 Å². The fraction of sp³-hybridized carbons (Fsp3) is 0.364. The Morgan fingerprint density at radius 2 is 2.07 bits per heavy atom. The van der Waals surface area contributed by atoms with Crippen LogP contribution in [0.1, 0.15) is 35.4 Å². The molecular weight excluding hydrogens is 356 g/mol. The topological polar surface area (TPSA) is 42.4 Å². The molecule has 0 spiro atoms. The fourth-order valence-electron chi connectivity index (χ4n) is 3.61. The van der Waals surface area contributed by atoms with Gasteiger partial charge in [-0.25, -0.2) is 4.98 Å². The van der Waals surface area contributed by atoms with Crippen LogP contribution in [0.5, 0.6) is 5.75 Å². The lowest BCUT2D eigenvalue weighted by Gasteiger charge is -2.29. The van der Waals surface area contributed by atoms with Gasteiger partial charge in [0.05, 0.1) is 22.3 Å². The summed E-state index contributed by atoms with van der Waals surface area (Å²) >= 11 is 1.76. The number of ether oxygens (including phenoxy) is 1. The number of unbranched alkanes of at least 4 members (excludes halogenated alkanes) is 1. The van der Waals surface area contributed by atoms with Crippen molar-refractivity contribution in [3.05, 3.63) is 58.6 Å². The monoisotopic (exact) mass is 380 g/mol. The van der Waals surface area contributed by atoms with Gasteiger partial charge in [0.25, 0.3) is 0 Å². The minimum atomic E-state index is 0.257. The molecule has 0 saturated heterocycles. The van der Waals surface area contributed by atoms with Crippen LogP contribution < -0.4 is 4.74 Å². The summed E-state index contributed by atoms with van der Waals surface area (Å²) in [6, 6.07) is 14.4. The maximum absolute atomic E-state index is 12.6. The van der Waals surface area contributed by atoms with Gasteiger partial charge in [0.15, 0.2) is 0 Å². The molecule has 2 heterocycles. The quantitative estimate of drug-likeness (QED) is 0.587. The first-order valence-electron chi connectivity index (χ1n) is 9.51. The smallest absolute Gasteiger partial charge is 0.222 e. The number of methoxy groups -OCH3 is 1. The number of nitrogens with zero attached hydrogens (tertiary/aromatic N) is 2. The SMILES string of the molecule is COc1ccc2c(c1)CN(C(=O)CCCCc1nc3ccccc3s1)CC2. The van der Waals surface area contributed by atoms with Crippen molar-refractivity contribution in [2.45, 2.75) is 38.6 Å². The number of hydrogen-bond donors (Lipinski definition) is 0. The summed E-state index contributed by atoms with van der Waals surface area (Å²) in [5.74, 6) is 1.12. The van der Waals surface area contributed by atoms with Crippen LogP contribution >= 0.6 is 11.3 Å². The van der Waals surface area contributed by atoms with E-state index >= 15 is 0 Å². The van der Waals surface area contributed by atoms with Gasteiger partial charge in [-0.05, 0) is 61.1 Å². The average molecular weight is 381 g/mol. The average Bonchev–Trinajstić information content (AvgIpc) is 3.13. The van der Waals surface area contributed by atoms with Crippen molar-refractivity contribution in [1.29, 1.82) is 0 Å². The van der Waals surface area contributed by atoms with E-state index in [0.717, 1.165) is 43.5 Å². The normalized spacial score (nSPS) is 13.6. The lowest BCUT2D eigenvalue weighted by atomic mass is 9.99. The molecule has 0 radical (unpaired) electrons. The fourth-order valence-corrected chi connectivity index (χ4v) is 4.62. The molecule has 4 nitrogen and oxygen atoms in total. The predicted octanol–water partition coefficient (Wildman–Crippen LogP) is 4.60. The number of para-hydroxylation sites is 1. The third-order valence-corrected chi connectivity index (χ3v) is 6.24. The number of fused-ring (bicyclic) bond motifs is 2. The summed E-state index contributed by atoms with van der Waals surface area (Å²) in [4.78, 5) is 19.3. The van der Waals surface area contributed by atoms with Gasteiger partial charge in [-0.1, -0.05) is 18.2 Å². The largest absolute Gasteiger partial charge is 0.497 e. The molecule has 0 bridgehead atoms. The Bertz CT molecular complexity index is 917. The highest BCUT2D eigenvalue weighted by Crippen LogP contribution is 2.25. The van der Waals surface area contributed by atoms with Gasteiger partial charge in [-0.2, -0.15) is 0 Å². The summed E-state index contributed by atoms with van der Waals surface area (Å²) < 4.78 is 6.55. The molecule has 1 aliphatic heterocycles. The first-order chi connectivity index (χ1) is 13.2. The molecule has 1 aromatic heterocycles. The Hall–Kier alpha value is -2.40. The van der Waals surface area contributed by atoms with E-state index in [9.17, 15) is 4.79 Å². The number of hydrogen-bond acceptors (Lipinski definition) is 4. The van der Waals surface area contributed by atoms with Crippen molar-refractivity contribution in [2.24, 2.45) is 0 Å². The number of thiazole rings is 1. The minimum Gasteiger partial charge on any atom is -0.497 e. The molecule has 1 aliphatic rings. The van der Waals surface area contributed by atoms with E-state index in [1.807, 2.05) is 17.0 Å². The van der Waals surface area contributed by atoms with E-state index in [1.165, 1.54) is 20.8 Å². The molecule has 4 rings (SSSR count). The molecule has 0 N–H and O–H groups in total. The Balaban J connectivity index is 1.27. The second-order valence-electron chi connectivity index (χ2n) is 6.98. The van der Waals surface area contributed by atoms with E-state index in [0.29, 0.717) is 13.0 Å². The molecule has 0 atom stereocenters. The van der Waals surface area contributed by atoms with Crippen molar-refractivity contribution in [3.63, 3.8) is 0 Å². The maximum atomic E-state index is 12.6. The summed E-state index contributed by atoms with van der Waals surface area (Å²) in [7, 11) is 1.68. The van der Waals surface area contributed by atoms with E-state index in [2.05, 4.69) is 35.3 Å². The van der Waals surface area contributed by atoms with Crippen LogP contribution in [-0.2, 0) is 24.2 Å². The second-order valence-corrected chi connectivity index (χ2v) is 8.10. The van der Waals surface area contributed by atoms with E-state index in [4.69, 9.17) is 4.74 Å². The van der Waals surface area contributed by atoms with E-state index < -0.39 is 0 Å². The van der Waals surface area contributed by atoms with Gasteiger partial charge in [-0.3, -0.25) is 4.79 Å². The Labute approximate surface area is 163 Å². The number of rotatable bonds is 6. The highest BCUT2D eigenvalue weighted by Gasteiger charge is 2.20. The third kappa shape index (κ3) is 4.14. The van der Waals surface area contributed by atoms with Crippen LogP contribution in [0.3, 0.4) is 0 Å². The summed E-state index contributed by atoms with van der Waals surface area (Å²) in [6.07, 6.45) is 4.41. The number of carbonyl (C=O) groups is 1. The Morgan fingerprint density at radius 3 is 2.93 bits per heavy atom. The molecule has 0 aliphatic carbocycles. The lowest BCUT2D eigenvalue weighted by molar-refractivity contribution is -0.132. The van der Waals surface area contributed by atoms with Crippen LogP contribution in [0.4, 0.5) is 0 Å². The summed E-state index contributed by atoms with van der Waals surface area (Å²) in [6.45, 7) is 1.51. The van der Waals surface area contributed by atoms with Crippen molar-refractivity contribution in [1.82, 2.24) is 9.88 Å². The van der Waals surface area contributed by atoms with Crippen LogP contribution in [0.25, 0.3) is 10.2 Å². The van der Waals surface area contributed by atoms with E-state index in [-0.39, 0.29) is 5.91 Å². The molecule has 0 unspecified atom stereocenters. The van der Waals surface area contributed by atoms with Gasteiger partial charge < -0.3 is 9.64 Å². The molecule has 140 valence electrons. The molecule has 2 aromatic carbocycles. The molecule has 1 amide bonds. The van der Waals surface area contributed by atoms with Gasteiger partial charge in [0.2, 0.25) is 5.91 Å². The molecule has 27 heavy (non-hydrogen) atoms. The second kappa shape index (κ2) is 8.09. The number of carbonyl (C=O) groups excluding carboxylic acids is 1. The van der Waals surface area contributed by atoms with Crippen LogP contribution in [-0.4, -0.2) is 29.4 Å². The minimum absolute atomic E-state index is 0.257. The molecule has 3 aromatic rings. The Morgan fingerprint density at radius 1 is 1.19 bits per heavy atom. The van der Waals surface area contributed by atoms with Crippen LogP contribution in [0.2, 0.25) is 0 Å². The summed E-state index contributed by atoms with van der Waals surface area (Å²) in [5, 5.41) is 1.17. The zero-order valence-corrected chi connectivity index (χ0v) is 16.4. The first-order valence-corrected chi connectivity index (χ1v) is 10.3. The standard InChI is InChI=1S/C22H24N2O2S/c1-26-18-11-10-16-12-13-24(15-17(16)14-18)22(25)9-5-4-8-21-23-19-6-2-3-7-20(19)27-21/h2-3,6-7,10-11,14H,4-5,8-9,12-13,15H2,1H3. The molecular formula is C22H24N2O2S. The zero-order chi connectivity index (χ0) is 18.6. The van der Waals surface area contributed by atoms with E-state index in [1.54, 1.807) is 18.4 Å². The number of aromatic nitrogens is 1. The number of benzene rings is 2. The van der Waals surface area contributed by atoms with Gasteiger partial charge in [-0.15, -0.1) is 11.3 Å². The van der Waals surface area contributed by atoms with Crippen LogP contribution in [0.15, 0.2) is 42.5 Å². The Kier molecular flexibility index (Phi) is 5.39. The van der Waals surface area contributed by atoms with Crippen LogP contribution in [0, 0.1) is 0 Å². The third-order valence-electron chi connectivity index (χ3n) is 5.15. The zero-order valence-electron chi connectivity index (χ0n) is 15.6. The highest BCUT2D eigenvalue weighted by molar-refractivity contribution is 7.18. The predicted molar refractivity (Wildman–Crippen MR) is 109 cm³/mol. The molecule has 0 fully saturated rings. The number of amides is 1. The molecule has 5 heteroatoms. The van der Waals surface area contributed by atoms with Crippen molar-refractivity contribution in [2.75, 3.05) is 13.7 Å². The van der Waals surface area contributed by atoms with Gasteiger partial charge in [0, 0.05) is 19.5 Å². The number of aryl methyl sites for hydroxylation is 1. The first kappa shape index (κ1) is 18.0. The van der Waals surface area contributed by atoms with Crippen molar-refractivity contribution >= 4 is 27.5 Å². The maximum Gasteiger partial charge on any atom is 0.222 e. The van der Waals surface area contributed by atoms with Gasteiger partial charge in [0.1, 0.15) is 5.75 Å². The molecule has 0 saturated carbocycles. The lowest BCUT2D eigenvalue weighted by Crippen LogP contribution is -2.35. The van der Waals surface area contributed by atoms with Gasteiger partial charge >= 0.3 is 0 Å².